The first kappa shape index (κ1) is 12.8. The van der Waals surface area contributed by atoms with E-state index >= 15 is 0 Å². The van der Waals surface area contributed by atoms with E-state index in [-0.39, 0.29) is 5.91 Å². The normalized spacial score (nSPS) is 9.95. The van der Waals surface area contributed by atoms with Crippen molar-refractivity contribution in [2.45, 2.75) is 13.5 Å². The topological polar surface area (TPSA) is 85.7 Å². The van der Waals surface area contributed by atoms with E-state index in [1.54, 1.807) is 38.2 Å². The number of rotatable bonds is 3. The maximum atomic E-state index is 12.1. The van der Waals surface area contributed by atoms with E-state index in [1.165, 1.54) is 4.90 Å². The highest BCUT2D eigenvalue weighted by Gasteiger charge is 2.13. The lowest BCUT2D eigenvalue weighted by Crippen LogP contribution is -2.26. The van der Waals surface area contributed by atoms with Gasteiger partial charge in [-0.15, -0.1) is 0 Å². The molecule has 0 aliphatic heterocycles. The Balaban J connectivity index is 2.08. The van der Waals surface area contributed by atoms with Crippen LogP contribution >= 0.6 is 0 Å². The molecular formula is C13H13N5O. The number of hydrogen-bond donors (Lipinski definition) is 1. The molecule has 1 amide bonds. The first-order chi connectivity index (χ1) is 9.10. The standard InChI is InChI=1S/C13H13N5O/c1-9-15-12(17-16-9)8-18(2)13(19)11-5-3-10(7-14)4-6-11/h3-6H,8H2,1-2H3,(H,15,16,17). The van der Waals surface area contributed by atoms with Crippen LogP contribution in [-0.2, 0) is 6.54 Å². The summed E-state index contributed by atoms with van der Waals surface area (Å²) >= 11 is 0. The minimum atomic E-state index is -0.132. The van der Waals surface area contributed by atoms with Gasteiger partial charge < -0.3 is 4.90 Å². The zero-order valence-corrected chi connectivity index (χ0v) is 10.7. The van der Waals surface area contributed by atoms with Crippen LogP contribution in [0.3, 0.4) is 0 Å². The van der Waals surface area contributed by atoms with Gasteiger partial charge in [-0.3, -0.25) is 9.89 Å². The molecule has 1 heterocycles. The van der Waals surface area contributed by atoms with Crippen molar-refractivity contribution in [3.05, 3.63) is 47.0 Å². The molecule has 6 nitrogen and oxygen atoms in total. The van der Waals surface area contributed by atoms with Gasteiger partial charge in [0, 0.05) is 12.6 Å². The second-order valence-electron chi connectivity index (χ2n) is 4.19. The lowest BCUT2D eigenvalue weighted by atomic mass is 10.1. The summed E-state index contributed by atoms with van der Waals surface area (Å²) in [6, 6.07) is 8.54. The summed E-state index contributed by atoms with van der Waals surface area (Å²) in [7, 11) is 1.69. The second kappa shape index (κ2) is 5.31. The highest BCUT2D eigenvalue weighted by molar-refractivity contribution is 5.94. The Kier molecular flexibility index (Phi) is 3.57. The minimum Gasteiger partial charge on any atom is -0.334 e. The molecule has 6 heteroatoms. The summed E-state index contributed by atoms with van der Waals surface area (Å²) in [5.41, 5.74) is 1.07. The molecule has 0 saturated carbocycles. The third kappa shape index (κ3) is 2.96. The number of aryl methyl sites for hydroxylation is 1. The van der Waals surface area contributed by atoms with Gasteiger partial charge >= 0.3 is 0 Å². The zero-order chi connectivity index (χ0) is 13.8. The smallest absolute Gasteiger partial charge is 0.254 e. The first-order valence-corrected chi connectivity index (χ1v) is 5.73. The van der Waals surface area contributed by atoms with Crippen LogP contribution in [0.15, 0.2) is 24.3 Å². The van der Waals surface area contributed by atoms with E-state index in [1.807, 2.05) is 6.07 Å². The molecule has 1 N–H and O–H groups in total. The van der Waals surface area contributed by atoms with Crippen molar-refractivity contribution in [1.82, 2.24) is 20.1 Å². The van der Waals surface area contributed by atoms with Gasteiger partial charge in [-0.25, -0.2) is 4.98 Å². The number of H-pyrrole nitrogens is 1. The fourth-order valence-corrected chi connectivity index (χ4v) is 1.65. The molecule has 1 aromatic carbocycles. The number of nitriles is 1. The van der Waals surface area contributed by atoms with Gasteiger partial charge in [-0.1, -0.05) is 0 Å². The molecule has 0 fully saturated rings. The fourth-order valence-electron chi connectivity index (χ4n) is 1.65. The van der Waals surface area contributed by atoms with E-state index in [2.05, 4.69) is 15.2 Å². The predicted molar refractivity (Wildman–Crippen MR) is 68.1 cm³/mol. The molecule has 1 aromatic heterocycles. The van der Waals surface area contributed by atoms with Crippen LogP contribution in [0.5, 0.6) is 0 Å². The van der Waals surface area contributed by atoms with Crippen LogP contribution in [0.4, 0.5) is 0 Å². The van der Waals surface area contributed by atoms with E-state index in [0.717, 1.165) is 0 Å². The molecule has 0 spiro atoms. The maximum Gasteiger partial charge on any atom is 0.254 e. The number of carbonyl (C=O) groups is 1. The van der Waals surface area contributed by atoms with Crippen LogP contribution in [0.25, 0.3) is 0 Å². The van der Waals surface area contributed by atoms with Crippen LogP contribution < -0.4 is 0 Å². The number of nitrogens with zero attached hydrogens (tertiary/aromatic N) is 4. The predicted octanol–water partition coefficient (Wildman–Crippen LogP) is 1.26. The lowest BCUT2D eigenvalue weighted by molar-refractivity contribution is 0.0781. The van der Waals surface area contributed by atoms with Crippen molar-refractivity contribution in [2.75, 3.05) is 7.05 Å². The lowest BCUT2D eigenvalue weighted by Gasteiger charge is -2.15. The molecule has 0 radical (unpaired) electrons. The Hall–Kier alpha value is -2.68. The maximum absolute atomic E-state index is 12.1. The Morgan fingerprint density at radius 2 is 2.11 bits per heavy atom. The van der Waals surface area contributed by atoms with Crippen LogP contribution in [0, 0.1) is 18.3 Å². The third-order valence-corrected chi connectivity index (χ3v) is 2.63. The molecular weight excluding hydrogens is 242 g/mol. The van der Waals surface area contributed by atoms with Gasteiger partial charge in [0.15, 0.2) is 5.82 Å². The minimum absolute atomic E-state index is 0.132. The highest BCUT2D eigenvalue weighted by atomic mass is 16.2. The number of carbonyl (C=O) groups excluding carboxylic acids is 1. The molecule has 96 valence electrons. The van der Waals surface area contributed by atoms with Crippen molar-refractivity contribution >= 4 is 5.91 Å². The van der Waals surface area contributed by atoms with Crippen molar-refractivity contribution in [1.29, 1.82) is 5.26 Å². The summed E-state index contributed by atoms with van der Waals surface area (Å²) < 4.78 is 0. The number of benzene rings is 1. The Labute approximate surface area is 110 Å². The quantitative estimate of drug-likeness (QED) is 0.894. The summed E-state index contributed by atoms with van der Waals surface area (Å²) in [6.45, 7) is 2.14. The summed E-state index contributed by atoms with van der Waals surface area (Å²) in [5.74, 6) is 1.16. The molecule has 0 aliphatic rings. The van der Waals surface area contributed by atoms with Crippen LogP contribution in [0.1, 0.15) is 27.6 Å². The molecule has 2 aromatic rings. The monoisotopic (exact) mass is 255 g/mol. The van der Waals surface area contributed by atoms with Crippen molar-refractivity contribution < 1.29 is 4.79 Å². The van der Waals surface area contributed by atoms with E-state index in [4.69, 9.17) is 5.26 Å². The number of nitrogens with one attached hydrogen (secondary N) is 1. The molecule has 0 atom stereocenters. The molecule has 0 aliphatic carbocycles. The zero-order valence-electron chi connectivity index (χ0n) is 10.7. The van der Waals surface area contributed by atoms with Gasteiger partial charge in [-0.05, 0) is 31.2 Å². The molecule has 19 heavy (non-hydrogen) atoms. The molecule has 0 bridgehead atoms. The van der Waals surface area contributed by atoms with Gasteiger partial charge in [0.05, 0.1) is 18.2 Å². The average molecular weight is 255 g/mol. The number of amides is 1. The van der Waals surface area contributed by atoms with Crippen molar-refractivity contribution in [2.24, 2.45) is 0 Å². The second-order valence-corrected chi connectivity index (χ2v) is 4.19. The summed E-state index contributed by atoms with van der Waals surface area (Å²) in [5, 5.41) is 15.4. The van der Waals surface area contributed by atoms with Gasteiger partial charge in [0.1, 0.15) is 5.82 Å². The van der Waals surface area contributed by atoms with E-state index in [9.17, 15) is 4.79 Å². The largest absolute Gasteiger partial charge is 0.334 e. The highest BCUT2D eigenvalue weighted by Crippen LogP contribution is 2.08. The van der Waals surface area contributed by atoms with Gasteiger partial charge in [0.25, 0.3) is 5.91 Å². The van der Waals surface area contributed by atoms with Crippen LogP contribution in [-0.4, -0.2) is 33.0 Å². The fraction of sp³-hybridized carbons (Fsp3) is 0.231. The Morgan fingerprint density at radius 3 is 2.63 bits per heavy atom. The number of aromatic nitrogens is 3. The van der Waals surface area contributed by atoms with Crippen molar-refractivity contribution in [3.8, 4) is 6.07 Å². The van der Waals surface area contributed by atoms with Gasteiger partial charge in [0.2, 0.25) is 0 Å². The molecule has 0 unspecified atom stereocenters. The SMILES string of the molecule is Cc1nc(CN(C)C(=O)c2ccc(C#N)cc2)n[nH]1. The summed E-state index contributed by atoms with van der Waals surface area (Å²) in [4.78, 5) is 17.8. The van der Waals surface area contributed by atoms with E-state index < -0.39 is 0 Å². The Bertz CT molecular complexity index is 623. The number of hydrogen-bond acceptors (Lipinski definition) is 4. The number of aromatic amines is 1. The van der Waals surface area contributed by atoms with Gasteiger partial charge in [-0.2, -0.15) is 10.4 Å². The average Bonchev–Trinajstić information content (AvgIpc) is 2.83. The molecule has 0 saturated heterocycles. The van der Waals surface area contributed by atoms with Crippen LogP contribution in [0.2, 0.25) is 0 Å². The first-order valence-electron chi connectivity index (χ1n) is 5.73. The van der Waals surface area contributed by atoms with Crippen molar-refractivity contribution in [3.63, 3.8) is 0 Å². The Morgan fingerprint density at radius 1 is 1.42 bits per heavy atom. The summed E-state index contributed by atoms with van der Waals surface area (Å²) in [6.07, 6.45) is 0. The van der Waals surface area contributed by atoms with E-state index in [0.29, 0.717) is 29.3 Å². The molecule has 2 rings (SSSR count). The third-order valence-electron chi connectivity index (χ3n) is 2.63.